The highest BCUT2D eigenvalue weighted by atomic mass is 32.2. The van der Waals surface area contributed by atoms with Crippen molar-refractivity contribution in [3.05, 3.63) is 29.8 Å². The lowest BCUT2D eigenvalue weighted by Gasteiger charge is -2.23. The van der Waals surface area contributed by atoms with Crippen molar-refractivity contribution in [3.63, 3.8) is 0 Å². The summed E-state index contributed by atoms with van der Waals surface area (Å²) in [5, 5.41) is 0. The maximum Gasteiger partial charge on any atom is 0.303 e. The Morgan fingerprint density at radius 1 is 1.11 bits per heavy atom. The molecule has 0 heterocycles. The van der Waals surface area contributed by atoms with Crippen LogP contribution in [-0.2, 0) is 16.6 Å². The van der Waals surface area contributed by atoms with Crippen LogP contribution in [-0.4, -0.2) is 40.4 Å². The molecule has 0 unspecified atom stereocenters. The Balaban J connectivity index is 2.85. The molecule has 0 bridgehead atoms. The van der Waals surface area contributed by atoms with E-state index in [1.807, 2.05) is 24.3 Å². The number of hydrogen-bond acceptors (Lipinski definition) is 3. The first-order valence-corrected chi connectivity index (χ1v) is 7.24. The van der Waals surface area contributed by atoms with Gasteiger partial charge in [-0.05, 0) is 37.1 Å². The molecule has 1 rings (SSSR count). The third kappa shape index (κ3) is 3.44. The first-order valence-electron chi connectivity index (χ1n) is 5.85. The molecule has 0 amide bonds. The quantitative estimate of drug-likeness (QED) is 0.833. The van der Waals surface area contributed by atoms with Crippen LogP contribution in [0.25, 0.3) is 0 Å². The van der Waals surface area contributed by atoms with Crippen molar-refractivity contribution in [3.8, 4) is 0 Å². The molecule has 5 nitrogen and oxygen atoms in total. The predicted octanol–water partition coefficient (Wildman–Crippen LogP) is 0.821. The number of anilines is 1. The van der Waals surface area contributed by atoms with Crippen LogP contribution < -0.4 is 10.0 Å². The lowest BCUT2D eigenvalue weighted by molar-refractivity contribution is 0.519. The topological polar surface area (TPSA) is 66.6 Å². The highest BCUT2D eigenvalue weighted by Gasteiger charge is 2.20. The van der Waals surface area contributed by atoms with E-state index in [9.17, 15) is 8.42 Å². The van der Waals surface area contributed by atoms with Gasteiger partial charge < -0.3 is 5.73 Å². The van der Waals surface area contributed by atoms with Gasteiger partial charge in [-0.25, -0.2) is 0 Å². The van der Waals surface area contributed by atoms with Gasteiger partial charge in [0, 0.05) is 21.1 Å². The van der Waals surface area contributed by atoms with E-state index in [1.54, 1.807) is 7.05 Å². The van der Waals surface area contributed by atoms with Gasteiger partial charge in [0.1, 0.15) is 0 Å². The minimum absolute atomic E-state index is 0.653. The van der Waals surface area contributed by atoms with Crippen molar-refractivity contribution in [2.45, 2.75) is 12.8 Å². The second kappa shape index (κ2) is 6.17. The number of nitrogens with zero attached hydrogens (tertiary/aromatic N) is 2. The van der Waals surface area contributed by atoms with Crippen LogP contribution in [0, 0.1) is 0 Å². The third-order valence-corrected chi connectivity index (χ3v) is 4.60. The lowest BCUT2D eigenvalue weighted by Crippen LogP contribution is -2.37. The Morgan fingerprint density at radius 3 is 2.11 bits per heavy atom. The molecule has 0 aliphatic rings. The Morgan fingerprint density at radius 2 is 1.67 bits per heavy atom. The average molecular weight is 271 g/mol. The van der Waals surface area contributed by atoms with Crippen LogP contribution in [0.15, 0.2) is 24.3 Å². The van der Waals surface area contributed by atoms with Gasteiger partial charge in [0.25, 0.3) is 0 Å². The molecule has 0 atom stereocenters. The van der Waals surface area contributed by atoms with Crippen LogP contribution in [0.5, 0.6) is 0 Å². The summed E-state index contributed by atoms with van der Waals surface area (Å²) in [6.07, 6.45) is 1.85. The fourth-order valence-electron chi connectivity index (χ4n) is 1.56. The molecular weight excluding hydrogens is 250 g/mol. The largest absolute Gasteiger partial charge is 0.330 e. The Labute approximate surface area is 109 Å². The van der Waals surface area contributed by atoms with E-state index in [4.69, 9.17) is 5.73 Å². The molecule has 1 aromatic rings. The van der Waals surface area contributed by atoms with Crippen molar-refractivity contribution in [2.24, 2.45) is 5.73 Å². The van der Waals surface area contributed by atoms with Crippen molar-refractivity contribution in [2.75, 3.05) is 32.0 Å². The summed E-state index contributed by atoms with van der Waals surface area (Å²) in [4.78, 5) is 0. The van der Waals surface area contributed by atoms with Crippen LogP contribution in [0.2, 0.25) is 0 Å². The molecule has 102 valence electrons. The minimum Gasteiger partial charge on any atom is -0.330 e. The SMILES string of the molecule is CN(C)S(=O)(=O)N(C)c1ccc(CCCN)cc1. The van der Waals surface area contributed by atoms with E-state index < -0.39 is 10.2 Å². The fraction of sp³-hybridized carbons (Fsp3) is 0.500. The normalized spacial score (nSPS) is 11.8. The molecule has 0 aliphatic carbocycles. The molecule has 0 saturated carbocycles. The number of rotatable bonds is 6. The third-order valence-electron chi connectivity index (χ3n) is 2.78. The van der Waals surface area contributed by atoms with Gasteiger partial charge >= 0.3 is 10.2 Å². The Kier molecular flexibility index (Phi) is 5.13. The molecule has 0 aliphatic heterocycles. The fourth-order valence-corrected chi connectivity index (χ4v) is 2.43. The van der Waals surface area contributed by atoms with Gasteiger partial charge in [-0.15, -0.1) is 0 Å². The zero-order valence-corrected chi connectivity index (χ0v) is 11.9. The molecular formula is C12H21N3O2S. The number of aryl methyl sites for hydroxylation is 1. The maximum absolute atomic E-state index is 11.9. The zero-order valence-electron chi connectivity index (χ0n) is 11.1. The van der Waals surface area contributed by atoms with Crippen LogP contribution >= 0.6 is 0 Å². The lowest BCUT2D eigenvalue weighted by atomic mass is 10.1. The molecule has 18 heavy (non-hydrogen) atoms. The predicted molar refractivity (Wildman–Crippen MR) is 74.8 cm³/mol. The summed E-state index contributed by atoms with van der Waals surface area (Å²) in [6.45, 7) is 0.663. The summed E-state index contributed by atoms with van der Waals surface area (Å²) < 4.78 is 26.3. The summed E-state index contributed by atoms with van der Waals surface area (Å²) in [7, 11) is 1.16. The van der Waals surface area contributed by atoms with Crippen molar-refractivity contribution < 1.29 is 8.42 Å². The molecule has 0 saturated heterocycles. The molecule has 0 aromatic heterocycles. The molecule has 0 spiro atoms. The first-order chi connectivity index (χ1) is 8.39. The Hall–Kier alpha value is -1.11. The van der Waals surface area contributed by atoms with E-state index in [1.165, 1.54) is 28.3 Å². The van der Waals surface area contributed by atoms with Gasteiger partial charge in [0.05, 0.1) is 5.69 Å². The minimum atomic E-state index is -3.41. The van der Waals surface area contributed by atoms with E-state index in [0.29, 0.717) is 12.2 Å². The summed E-state index contributed by atoms with van der Waals surface area (Å²) in [5.41, 5.74) is 7.27. The highest BCUT2D eigenvalue weighted by molar-refractivity contribution is 7.90. The van der Waals surface area contributed by atoms with E-state index in [0.717, 1.165) is 12.8 Å². The summed E-state index contributed by atoms with van der Waals surface area (Å²) in [5.74, 6) is 0. The van der Waals surface area contributed by atoms with Crippen LogP contribution in [0.3, 0.4) is 0 Å². The summed E-state index contributed by atoms with van der Waals surface area (Å²) in [6, 6.07) is 7.50. The monoisotopic (exact) mass is 271 g/mol. The van der Waals surface area contributed by atoms with Crippen molar-refractivity contribution >= 4 is 15.9 Å². The summed E-state index contributed by atoms with van der Waals surface area (Å²) >= 11 is 0. The second-order valence-corrected chi connectivity index (χ2v) is 6.49. The van der Waals surface area contributed by atoms with Crippen molar-refractivity contribution in [1.82, 2.24) is 4.31 Å². The highest BCUT2D eigenvalue weighted by Crippen LogP contribution is 2.18. The van der Waals surface area contributed by atoms with Gasteiger partial charge in [0.15, 0.2) is 0 Å². The smallest absolute Gasteiger partial charge is 0.303 e. The number of benzene rings is 1. The first kappa shape index (κ1) is 14.9. The average Bonchev–Trinajstić information content (AvgIpc) is 2.35. The molecule has 6 heteroatoms. The van der Waals surface area contributed by atoms with Gasteiger partial charge in [-0.3, -0.25) is 4.31 Å². The molecule has 0 radical (unpaired) electrons. The van der Waals surface area contributed by atoms with Crippen LogP contribution in [0.4, 0.5) is 5.69 Å². The molecule has 0 fully saturated rings. The Bertz CT molecular complexity index is 469. The van der Waals surface area contributed by atoms with Crippen LogP contribution in [0.1, 0.15) is 12.0 Å². The number of nitrogens with two attached hydrogens (primary N) is 1. The van der Waals surface area contributed by atoms with Gasteiger partial charge in [0.2, 0.25) is 0 Å². The van der Waals surface area contributed by atoms with Gasteiger partial charge in [-0.2, -0.15) is 12.7 Å². The zero-order chi connectivity index (χ0) is 13.8. The van der Waals surface area contributed by atoms with Gasteiger partial charge in [-0.1, -0.05) is 12.1 Å². The van der Waals surface area contributed by atoms with Crippen molar-refractivity contribution in [1.29, 1.82) is 0 Å². The molecule has 2 N–H and O–H groups in total. The van der Waals surface area contributed by atoms with E-state index in [-0.39, 0.29) is 0 Å². The second-order valence-electron chi connectivity index (χ2n) is 4.32. The standard InChI is InChI=1S/C12H21N3O2S/c1-14(2)18(16,17)15(3)12-8-6-11(7-9-12)5-4-10-13/h6-9H,4-5,10,13H2,1-3H3. The maximum atomic E-state index is 11.9. The van der Waals surface area contributed by atoms with E-state index in [2.05, 4.69) is 0 Å². The van der Waals surface area contributed by atoms with E-state index >= 15 is 0 Å². The molecule has 1 aromatic carbocycles. The number of hydrogen-bond donors (Lipinski definition) is 1.